The Morgan fingerprint density at radius 1 is 1.10 bits per heavy atom. The van der Waals surface area contributed by atoms with Crippen LogP contribution < -0.4 is 16.2 Å². The van der Waals surface area contributed by atoms with Gasteiger partial charge in [-0.1, -0.05) is 54.6 Å². The van der Waals surface area contributed by atoms with E-state index in [9.17, 15) is 14.4 Å². The van der Waals surface area contributed by atoms with Gasteiger partial charge in [0.15, 0.2) is 5.16 Å². The van der Waals surface area contributed by atoms with Gasteiger partial charge in [0.05, 0.1) is 28.8 Å². The Kier molecular flexibility index (Phi) is 9.38. The van der Waals surface area contributed by atoms with Crippen molar-refractivity contribution in [3.63, 3.8) is 0 Å². The molecule has 41 heavy (non-hydrogen) atoms. The zero-order valence-electron chi connectivity index (χ0n) is 22.6. The van der Waals surface area contributed by atoms with E-state index in [2.05, 4.69) is 10.6 Å². The van der Waals surface area contributed by atoms with E-state index in [-0.39, 0.29) is 30.0 Å². The molecule has 2 atom stereocenters. The number of para-hydroxylation sites is 1. The second-order valence-corrected chi connectivity index (χ2v) is 11.5. The van der Waals surface area contributed by atoms with Crippen molar-refractivity contribution < 1.29 is 14.3 Å². The van der Waals surface area contributed by atoms with Crippen molar-refractivity contribution in [3.05, 3.63) is 99.3 Å². The maximum Gasteiger partial charge on any atom is 0.262 e. The van der Waals surface area contributed by atoms with Gasteiger partial charge in [0.1, 0.15) is 0 Å². The summed E-state index contributed by atoms with van der Waals surface area (Å²) < 4.78 is 7.17. The van der Waals surface area contributed by atoms with E-state index in [1.807, 2.05) is 25.1 Å². The number of amides is 2. The molecule has 4 aromatic rings. The molecule has 1 aromatic heterocycles. The zero-order valence-corrected chi connectivity index (χ0v) is 24.2. The summed E-state index contributed by atoms with van der Waals surface area (Å²) in [5, 5.41) is 6.91. The van der Waals surface area contributed by atoms with E-state index in [1.54, 1.807) is 59.2 Å². The standard InChI is InChI=1S/C31H31ClN4O4S/c1-2-27(29(38)34-23-15-13-22(32)14-16-23)41-31-35-26-8-4-3-7-25(26)30(39)36(31)19-20-9-11-21(12-10-20)28(37)33-18-24-6-5-17-40-24/h3-4,7-16,24,27H,2,5-6,17-19H2,1H3,(H,33,37)(H,34,38)/t24-,27-/m1/s1. The summed E-state index contributed by atoms with van der Waals surface area (Å²) in [5.41, 5.74) is 2.39. The number of nitrogens with zero attached hydrogens (tertiary/aromatic N) is 2. The van der Waals surface area contributed by atoms with Crippen LogP contribution in [0.5, 0.6) is 0 Å². The number of aromatic nitrogens is 2. The lowest BCUT2D eigenvalue weighted by atomic mass is 10.1. The number of ether oxygens (including phenoxy) is 1. The van der Waals surface area contributed by atoms with Crippen molar-refractivity contribution >= 4 is 51.8 Å². The first-order chi connectivity index (χ1) is 19.9. The predicted octanol–water partition coefficient (Wildman–Crippen LogP) is 5.52. The molecule has 0 unspecified atom stereocenters. The van der Waals surface area contributed by atoms with Crippen molar-refractivity contribution in [3.8, 4) is 0 Å². The molecule has 0 aliphatic carbocycles. The van der Waals surface area contributed by atoms with Crippen molar-refractivity contribution in [2.24, 2.45) is 0 Å². The van der Waals surface area contributed by atoms with Crippen LogP contribution >= 0.6 is 23.4 Å². The van der Waals surface area contributed by atoms with Crippen LogP contribution in [0.4, 0.5) is 5.69 Å². The molecule has 5 rings (SSSR count). The number of rotatable bonds is 10. The lowest BCUT2D eigenvalue weighted by molar-refractivity contribution is -0.115. The molecule has 1 fully saturated rings. The smallest absolute Gasteiger partial charge is 0.262 e. The normalized spacial score (nSPS) is 15.5. The minimum Gasteiger partial charge on any atom is -0.376 e. The van der Waals surface area contributed by atoms with Gasteiger partial charge in [0.25, 0.3) is 11.5 Å². The predicted molar refractivity (Wildman–Crippen MR) is 163 cm³/mol. The van der Waals surface area contributed by atoms with Crippen molar-refractivity contribution in [1.82, 2.24) is 14.9 Å². The molecule has 1 aliphatic rings. The van der Waals surface area contributed by atoms with E-state index in [1.165, 1.54) is 11.8 Å². The quantitative estimate of drug-likeness (QED) is 0.186. The Labute approximate surface area is 247 Å². The molecule has 2 heterocycles. The highest BCUT2D eigenvalue weighted by molar-refractivity contribution is 8.00. The van der Waals surface area contributed by atoms with Gasteiger partial charge in [-0.25, -0.2) is 4.98 Å². The molecule has 0 spiro atoms. The third-order valence-corrected chi connectivity index (χ3v) is 8.53. The number of thioether (sulfide) groups is 1. The average molecular weight is 591 g/mol. The molecular weight excluding hydrogens is 560 g/mol. The molecule has 212 valence electrons. The highest BCUT2D eigenvalue weighted by atomic mass is 35.5. The Bertz CT molecular complexity index is 1590. The van der Waals surface area contributed by atoms with Crippen LogP contribution in [0.1, 0.15) is 42.1 Å². The van der Waals surface area contributed by atoms with E-state index in [0.29, 0.717) is 45.3 Å². The van der Waals surface area contributed by atoms with Gasteiger partial charge in [-0.05, 0) is 73.4 Å². The number of fused-ring (bicyclic) bond motifs is 1. The monoisotopic (exact) mass is 590 g/mol. The first kappa shape index (κ1) is 28.9. The summed E-state index contributed by atoms with van der Waals surface area (Å²) in [6.45, 7) is 3.39. The van der Waals surface area contributed by atoms with Gasteiger partial charge in [0.2, 0.25) is 5.91 Å². The van der Waals surface area contributed by atoms with Crippen molar-refractivity contribution in [1.29, 1.82) is 0 Å². The maximum atomic E-state index is 13.6. The molecule has 0 saturated carbocycles. The summed E-state index contributed by atoms with van der Waals surface area (Å²) in [6.07, 6.45) is 2.57. The molecule has 1 aliphatic heterocycles. The number of carbonyl (C=O) groups is 2. The van der Waals surface area contributed by atoms with Crippen LogP contribution in [-0.4, -0.2) is 45.9 Å². The first-order valence-electron chi connectivity index (χ1n) is 13.6. The van der Waals surface area contributed by atoms with Crippen LogP contribution in [0.15, 0.2) is 82.7 Å². The van der Waals surface area contributed by atoms with Gasteiger partial charge in [-0.15, -0.1) is 0 Å². The van der Waals surface area contributed by atoms with Gasteiger partial charge in [0, 0.05) is 29.4 Å². The second kappa shape index (κ2) is 13.3. The number of halogens is 1. The maximum absolute atomic E-state index is 13.6. The Hall–Kier alpha value is -3.66. The van der Waals surface area contributed by atoms with Gasteiger partial charge in [-0.3, -0.25) is 19.0 Å². The number of carbonyl (C=O) groups excluding carboxylic acids is 2. The third kappa shape index (κ3) is 7.16. The fourth-order valence-corrected chi connectivity index (χ4v) is 5.78. The Morgan fingerprint density at radius 3 is 2.56 bits per heavy atom. The number of anilines is 1. The van der Waals surface area contributed by atoms with E-state index in [4.69, 9.17) is 21.3 Å². The summed E-state index contributed by atoms with van der Waals surface area (Å²) in [6, 6.07) is 21.3. The SMILES string of the molecule is CC[C@@H](Sc1nc2ccccc2c(=O)n1Cc1ccc(C(=O)NC[C@H]2CCCO2)cc1)C(=O)Nc1ccc(Cl)cc1. The zero-order chi connectivity index (χ0) is 28.8. The van der Waals surface area contributed by atoms with Crippen LogP contribution in [0.2, 0.25) is 5.02 Å². The van der Waals surface area contributed by atoms with Crippen LogP contribution in [0.25, 0.3) is 10.9 Å². The largest absolute Gasteiger partial charge is 0.376 e. The Balaban J connectivity index is 1.36. The van der Waals surface area contributed by atoms with Crippen LogP contribution in [-0.2, 0) is 16.1 Å². The highest BCUT2D eigenvalue weighted by Crippen LogP contribution is 2.27. The van der Waals surface area contributed by atoms with Crippen LogP contribution in [0, 0.1) is 0 Å². The number of nitrogens with one attached hydrogen (secondary N) is 2. The Morgan fingerprint density at radius 2 is 1.85 bits per heavy atom. The fraction of sp³-hybridized carbons (Fsp3) is 0.290. The lowest BCUT2D eigenvalue weighted by Crippen LogP contribution is -2.31. The van der Waals surface area contributed by atoms with Crippen molar-refractivity contribution in [2.45, 2.75) is 49.2 Å². The van der Waals surface area contributed by atoms with E-state index >= 15 is 0 Å². The molecule has 1 saturated heterocycles. The number of benzene rings is 3. The lowest BCUT2D eigenvalue weighted by Gasteiger charge is -2.18. The molecule has 8 nitrogen and oxygen atoms in total. The molecule has 0 radical (unpaired) electrons. The second-order valence-electron chi connectivity index (χ2n) is 9.86. The van der Waals surface area contributed by atoms with Gasteiger partial charge in [-0.2, -0.15) is 0 Å². The highest BCUT2D eigenvalue weighted by Gasteiger charge is 2.23. The molecule has 0 bridgehead atoms. The average Bonchev–Trinajstić information content (AvgIpc) is 3.52. The van der Waals surface area contributed by atoms with E-state index in [0.717, 1.165) is 25.0 Å². The minimum atomic E-state index is -0.486. The summed E-state index contributed by atoms with van der Waals surface area (Å²) >= 11 is 7.23. The summed E-state index contributed by atoms with van der Waals surface area (Å²) in [5.74, 6) is -0.350. The fourth-order valence-electron chi connectivity index (χ4n) is 4.64. The van der Waals surface area contributed by atoms with Gasteiger partial charge < -0.3 is 15.4 Å². The topological polar surface area (TPSA) is 102 Å². The molecular formula is C31H31ClN4O4S. The summed E-state index contributed by atoms with van der Waals surface area (Å²) in [7, 11) is 0. The van der Waals surface area contributed by atoms with Gasteiger partial charge >= 0.3 is 0 Å². The van der Waals surface area contributed by atoms with E-state index < -0.39 is 5.25 Å². The summed E-state index contributed by atoms with van der Waals surface area (Å²) in [4.78, 5) is 44.2. The molecule has 2 N–H and O–H groups in total. The number of hydrogen-bond donors (Lipinski definition) is 2. The molecule has 10 heteroatoms. The number of hydrogen-bond acceptors (Lipinski definition) is 6. The molecule has 3 aromatic carbocycles. The minimum absolute atomic E-state index is 0.0710. The van der Waals surface area contributed by atoms with Crippen molar-refractivity contribution in [2.75, 3.05) is 18.5 Å². The third-order valence-electron chi connectivity index (χ3n) is 6.92. The molecule has 2 amide bonds. The van der Waals surface area contributed by atoms with Crippen LogP contribution in [0.3, 0.4) is 0 Å². The first-order valence-corrected chi connectivity index (χ1v) is 14.9.